The summed E-state index contributed by atoms with van der Waals surface area (Å²) in [6.45, 7) is 5.86. The number of nitrogens with one attached hydrogen (secondary N) is 1. The molecule has 158 valence electrons. The molecule has 3 rings (SSSR count). The summed E-state index contributed by atoms with van der Waals surface area (Å²) in [4.78, 5) is 27.5. The van der Waals surface area contributed by atoms with Gasteiger partial charge in [0.05, 0.1) is 11.8 Å². The van der Waals surface area contributed by atoms with Gasteiger partial charge in [-0.05, 0) is 45.8 Å². The van der Waals surface area contributed by atoms with Crippen LogP contribution < -0.4 is 5.32 Å². The number of rotatable bonds is 6. The highest BCUT2D eigenvalue weighted by molar-refractivity contribution is 7.88. The van der Waals surface area contributed by atoms with E-state index in [0.717, 1.165) is 26.1 Å². The van der Waals surface area contributed by atoms with E-state index in [-0.39, 0.29) is 19.0 Å². The van der Waals surface area contributed by atoms with Gasteiger partial charge in [0, 0.05) is 38.0 Å². The lowest BCUT2D eigenvalue weighted by molar-refractivity contribution is -0.150. The Kier molecular flexibility index (Phi) is 6.46. The summed E-state index contributed by atoms with van der Waals surface area (Å²) in [5.41, 5.74) is -0.288. The number of ether oxygens (including phenoxy) is 1. The molecule has 0 aliphatic carbocycles. The Labute approximate surface area is 167 Å². The maximum atomic E-state index is 12.9. The number of hydrogen-bond donors (Lipinski definition) is 1. The molecule has 2 saturated heterocycles. The maximum Gasteiger partial charge on any atom is 0.335 e. The second-order valence-corrected chi connectivity index (χ2v) is 10.0. The van der Waals surface area contributed by atoms with Crippen molar-refractivity contribution >= 4 is 21.9 Å². The van der Waals surface area contributed by atoms with Crippen molar-refractivity contribution in [3.05, 3.63) is 11.1 Å². The first kappa shape index (κ1) is 21.3. The summed E-state index contributed by atoms with van der Waals surface area (Å²) < 4.78 is 30.5. The number of hydrogen-bond acceptors (Lipinski definition) is 6. The van der Waals surface area contributed by atoms with Gasteiger partial charge in [0.25, 0.3) is 5.91 Å². The zero-order chi connectivity index (χ0) is 20.4. The molecule has 0 radical (unpaired) electrons. The van der Waals surface area contributed by atoms with Crippen LogP contribution in [0.5, 0.6) is 0 Å². The molecular weight excluding hydrogens is 382 g/mol. The highest BCUT2D eigenvalue weighted by Gasteiger charge is 2.51. The van der Waals surface area contributed by atoms with Crippen molar-refractivity contribution in [2.75, 3.05) is 45.5 Å². The molecule has 3 heterocycles. The molecule has 3 aliphatic rings. The Morgan fingerprint density at radius 1 is 1.14 bits per heavy atom. The fourth-order valence-electron chi connectivity index (χ4n) is 4.43. The van der Waals surface area contributed by atoms with Gasteiger partial charge in [-0.3, -0.25) is 4.79 Å². The predicted octanol–water partition coefficient (Wildman–Crippen LogP) is 0.646. The number of carbonyl (C=O) groups is 2. The van der Waals surface area contributed by atoms with E-state index >= 15 is 0 Å². The van der Waals surface area contributed by atoms with Crippen LogP contribution in [-0.2, 0) is 24.3 Å². The summed E-state index contributed by atoms with van der Waals surface area (Å²) in [5.74, 6) is -0.749. The van der Waals surface area contributed by atoms with E-state index in [4.69, 9.17) is 4.74 Å². The summed E-state index contributed by atoms with van der Waals surface area (Å²) in [6.07, 6.45) is 6.42. The zero-order valence-electron chi connectivity index (χ0n) is 16.8. The molecule has 0 aromatic rings. The van der Waals surface area contributed by atoms with Crippen molar-refractivity contribution in [1.29, 1.82) is 0 Å². The van der Waals surface area contributed by atoms with Crippen LogP contribution >= 0.6 is 0 Å². The van der Waals surface area contributed by atoms with E-state index < -0.39 is 21.6 Å². The molecule has 3 aliphatic heterocycles. The molecule has 0 atom stereocenters. The highest BCUT2D eigenvalue weighted by Crippen LogP contribution is 2.41. The van der Waals surface area contributed by atoms with Gasteiger partial charge in [-0.2, -0.15) is 0 Å². The predicted molar refractivity (Wildman–Crippen MR) is 105 cm³/mol. The van der Waals surface area contributed by atoms with Gasteiger partial charge in [-0.1, -0.05) is 6.42 Å². The Balaban J connectivity index is 1.58. The summed E-state index contributed by atoms with van der Waals surface area (Å²) in [6, 6.07) is 0. The number of amides is 1. The zero-order valence-corrected chi connectivity index (χ0v) is 17.6. The van der Waals surface area contributed by atoms with E-state index in [0.29, 0.717) is 30.5 Å². The van der Waals surface area contributed by atoms with E-state index in [2.05, 4.69) is 10.2 Å². The van der Waals surface area contributed by atoms with Gasteiger partial charge < -0.3 is 15.0 Å². The van der Waals surface area contributed by atoms with Crippen molar-refractivity contribution < 1.29 is 22.7 Å². The third-order valence-electron chi connectivity index (χ3n) is 6.04. The first-order valence-electron chi connectivity index (χ1n) is 10.1. The minimum atomic E-state index is -3.29. The van der Waals surface area contributed by atoms with E-state index in [1.165, 1.54) is 29.8 Å². The standard InChI is InChI=1S/C19H31N3O5S/c1-15-16(17(23)20-9-6-12-21-10-4-3-5-11-21)19(27-18(15)24)7-13-22(14-8-19)28(2,25)26/h3-14H2,1-2H3,(H,20,23). The van der Waals surface area contributed by atoms with Crippen molar-refractivity contribution in [3.63, 3.8) is 0 Å². The van der Waals surface area contributed by atoms with Crippen LogP contribution in [-0.4, -0.2) is 80.6 Å². The molecule has 0 aromatic heterocycles. The molecule has 2 fully saturated rings. The molecule has 8 nitrogen and oxygen atoms in total. The van der Waals surface area contributed by atoms with Crippen LogP contribution in [0.3, 0.4) is 0 Å². The number of sulfonamides is 1. The van der Waals surface area contributed by atoms with Crippen LogP contribution in [0.25, 0.3) is 0 Å². The summed E-state index contributed by atoms with van der Waals surface area (Å²) in [5, 5.41) is 2.94. The number of esters is 1. The molecule has 0 aromatic carbocycles. The smallest absolute Gasteiger partial charge is 0.335 e. The van der Waals surface area contributed by atoms with E-state index in [9.17, 15) is 18.0 Å². The van der Waals surface area contributed by atoms with Gasteiger partial charge >= 0.3 is 5.97 Å². The van der Waals surface area contributed by atoms with Crippen molar-refractivity contribution in [1.82, 2.24) is 14.5 Å². The van der Waals surface area contributed by atoms with Crippen molar-refractivity contribution in [3.8, 4) is 0 Å². The Hall–Kier alpha value is -1.45. The molecule has 0 saturated carbocycles. The third-order valence-corrected chi connectivity index (χ3v) is 7.34. The van der Waals surface area contributed by atoms with Gasteiger partial charge in [0.15, 0.2) is 0 Å². The quantitative estimate of drug-likeness (QED) is 0.507. The van der Waals surface area contributed by atoms with Gasteiger partial charge in [0.1, 0.15) is 5.60 Å². The van der Waals surface area contributed by atoms with Gasteiger partial charge in [0.2, 0.25) is 10.0 Å². The van der Waals surface area contributed by atoms with Crippen LogP contribution in [0.1, 0.15) is 45.4 Å². The lowest BCUT2D eigenvalue weighted by Gasteiger charge is -2.38. The highest BCUT2D eigenvalue weighted by atomic mass is 32.2. The topological polar surface area (TPSA) is 96.0 Å². The second-order valence-electron chi connectivity index (χ2n) is 8.06. The molecular formula is C19H31N3O5S. The third kappa shape index (κ3) is 4.58. The Bertz CT molecular complexity index is 748. The number of nitrogens with zero attached hydrogens (tertiary/aromatic N) is 2. The van der Waals surface area contributed by atoms with Crippen LogP contribution in [0, 0.1) is 0 Å². The molecule has 9 heteroatoms. The normalized spacial score (nSPS) is 23.9. The average Bonchev–Trinajstić information content (AvgIpc) is 2.89. The van der Waals surface area contributed by atoms with Crippen LogP contribution in [0.4, 0.5) is 0 Å². The number of piperidine rings is 2. The number of carbonyl (C=O) groups excluding carboxylic acids is 2. The van der Waals surface area contributed by atoms with Crippen molar-refractivity contribution in [2.24, 2.45) is 0 Å². The minimum Gasteiger partial charge on any atom is -0.450 e. The lowest BCUT2D eigenvalue weighted by atomic mass is 9.83. The van der Waals surface area contributed by atoms with Gasteiger partial charge in [-0.25, -0.2) is 17.5 Å². The lowest BCUT2D eigenvalue weighted by Crippen LogP contribution is -2.50. The van der Waals surface area contributed by atoms with Crippen molar-refractivity contribution in [2.45, 2.75) is 51.0 Å². The summed E-state index contributed by atoms with van der Waals surface area (Å²) >= 11 is 0. The molecule has 1 amide bonds. The largest absolute Gasteiger partial charge is 0.450 e. The fourth-order valence-corrected chi connectivity index (χ4v) is 5.28. The monoisotopic (exact) mass is 413 g/mol. The molecule has 0 unspecified atom stereocenters. The Morgan fingerprint density at radius 3 is 2.39 bits per heavy atom. The fraction of sp³-hybridized carbons (Fsp3) is 0.789. The minimum absolute atomic E-state index is 0.241. The Morgan fingerprint density at radius 2 is 1.79 bits per heavy atom. The molecule has 28 heavy (non-hydrogen) atoms. The number of likely N-dealkylation sites (tertiary alicyclic amines) is 1. The van der Waals surface area contributed by atoms with Crippen LogP contribution in [0.2, 0.25) is 0 Å². The average molecular weight is 414 g/mol. The second kappa shape index (κ2) is 8.51. The first-order valence-corrected chi connectivity index (χ1v) is 12.0. The first-order chi connectivity index (χ1) is 13.2. The SMILES string of the molecule is CC1=C(C(=O)NCCCN2CCCCC2)C2(CCN(S(C)(=O)=O)CC2)OC1=O. The molecule has 1 spiro atoms. The molecule has 0 bridgehead atoms. The molecule has 1 N–H and O–H groups in total. The van der Waals surface area contributed by atoms with Crippen LogP contribution in [0.15, 0.2) is 11.1 Å². The maximum absolute atomic E-state index is 12.9. The van der Waals surface area contributed by atoms with E-state index in [1.54, 1.807) is 6.92 Å². The van der Waals surface area contributed by atoms with Gasteiger partial charge in [-0.15, -0.1) is 0 Å². The van der Waals surface area contributed by atoms with E-state index in [1.807, 2.05) is 0 Å². The summed E-state index contributed by atoms with van der Waals surface area (Å²) in [7, 11) is -3.29.